The molecule has 0 aromatic carbocycles. The molecule has 18 heavy (non-hydrogen) atoms. The summed E-state index contributed by atoms with van der Waals surface area (Å²) in [7, 11) is 2.03. The van der Waals surface area contributed by atoms with Crippen LogP contribution in [0.15, 0.2) is 0 Å². The van der Waals surface area contributed by atoms with Gasteiger partial charge in [-0.05, 0) is 64.3 Å². The zero-order valence-electron chi connectivity index (χ0n) is 11.9. The first-order valence-electron chi connectivity index (χ1n) is 7.66. The first-order valence-corrected chi connectivity index (χ1v) is 7.66. The quantitative estimate of drug-likeness (QED) is 0.810. The number of carbonyl (C=O) groups is 1. The van der Waals surface area contributed by atoms with Crippen LogP contribution in [0, 0.1) is 11.8 Å². The van der Waals surface area contributed by atoms with E-state index in [1.54, 1.807) is 0 Å². The maximum Gasteiger partial charge on any atom is 0.223 e. The third-order valence-corrected chi connectivity index (χ3v) is 4.87. The molecule has 3 nitrogen and oxygen atoms in total. The van der Waals surface area contributed by atoms with Gasteiger partial charge in [-0.15, -0.1) is 0 Å². The fraction of sp³-hybridized carbons (Fsp3) is 0.933. The number of rotatable bonds is 3. The SMILES string of the molecule is CNC1CCC(NC(=O)C2CCC(C)CC2)CC1. The molecule has 0 radical (unpaired) electrons. The first-order chi connectivity index (χ1) is 8.69. The first kappa shape index (κ1) is 13.9. The van der Waals surface area contributed by atoms with Gasteiger partial charge in [0.15, 0.2) is 0 Å². The Kier molecular flexibility index (Phi) is 5.04. The summed E-state index contributed by atoms with van der Waals surface area (Å²) in [6.07, 6.45) is 9.32. The lowest BCUT2D eigenvalue weighted by atomic mass is 9.82. The van der Waals surface area contributed by atoms with Crippen LogP contribution < -0.4 is 10.6 Å². The number of hydrogen-bond donors (Lipinski definition) is 2. The molecule has 0 aromatic rings. The van der Waals surface area contributed by atoms with Gasteiger partial charge in [0.1, 0.15) is 0 Å². The highest BCUT2D eigenvalue weighted by molar-refractivity contribution is 5.79. The van der Waals surface area contributed by atoms with Crippen molar-refractivity contribution in [3.63, 3.8) is 0 Å². The van der Waals surface area contributed by atoms with E-state index >= 15 is 0 Å². The van der Waals surface area contributed by atoms with Gasteiger partial charge in [0, 0.05) is 18.0 Å². The van der Waals surface area contributed by atoms with Crippen molar-refractivity contribution in [2.75, 3.05) is 7.05 Å². The average Bonchev–Trinajstić information content (AvgIpc) is 2.40. The fourth-order valence-electron chi connectivity index (χ4n) is 3.37. The Morgan fingerprint density at radius 2 is 1.44 bits per heavy atom. The second kappa shape index (κ2) is 6.55. The van der Waals surface area contributed by atoms with E-state index in [9.17, 15) is 4.79 Å². The molecule has 2 N–H and O–H groups in total. The molecule has 0 aromatic heterocycles. The number of amides is 1. The lowest BCUT2D eigenvalue weighted by Gasteiger charge is -2.31. The van der Waals surface area contributed by atoms with E-state index in [4.69, 9.17) is 0 Å². The molecule has 2 aliphatic rings. The van der Waals surface area contributed by atoms with E-state index < -0.39 is 0 Å². The molecule has 2 saturated carbocycles. The van der Waals surface area contributed by atoms with Gasteiger partial charge in [-0.1, -0.05) is 6.92 Å². The van der Waals surface area contributed by atoms with Gasteiger partial charge in [0.25, 0.3) is 0 Å². The summed E-state index contributed by atoms with van der Waals surface area (Å²) < 4.78 is 0. The lowest BCUT2D eigenvalue weighted by Crippen LogP contribution is -2.44. The summed E-state index contributed by atoms with van der Waals surface area (Å²) in [6, 6.07) is 1.09. The maximum atomic E-state index is 12.2. The Hall–Kier alpha value is -0.570. The van der Waals surface area contributed by atoms with Crippen molar-refractivity contribution in [2.24, 2.45) is 11.8 Å². The molecule has 1 amide bonds. The number of hydrogen-bond acceptors (Lipinski definition) is 2. The largest absolute Gasteiger partial charge is 0.353 e. The minimum absolute atomic E-state index is 0.295. The molecule has 2 rings (SSSR count). The van der Waals surface area contributed by atoms with Crippen molar-refractivity contribution in [1.29, 1.82) is 0 Å². The monoisotopic (exact) mass is 252 g/mol. The van der Waals surface area contributed by atoms with Gasteiger partial charge in [0.2, 0.25) is 5.91 Å². The molecule has 2 aliphatic carbocycles. The van der Waals surface area contributed by atoms with E-state index in [1.165, 1.54) is 25.7 Å². The Morgan fingerprint density at radius 1 is 0.889 bits per heavy atom. The van der Waals surface area contributed by atoms with Crippen molar-refractivity contribution in [1.82, 2.24) is 10.6 Å². The molecular formula is C15H28N2O. The molecule has 0 spiro atoms. The zero-order valence-corrected chi connectivity index (χ0v) is 11.9. The maximum absolute atomic E-state index is 12.2. The van der Waals surface area contributed by atoms with Gasteiger partial charge in [-0.3, -0.25) is 4.79 Å². The van der Waals surface area contributed by atoms with Crippen molar-refractivity contribution < 1.29 is 4.79 Å². The Labute approximate surface area is 111 Å². The van der Waals surface area contributed by atoms with Crippen LogP contribution >= 0.6 is 0 Å². The molecule has 104 valence electrons. The molecule has 0 bridgehead atoms. The van der Waals surface area contributed by atoms with Gasteiger partial charge < -0.3 is 10.6 Å². The van der Waals surface area contributed by atoms with Crippen LogP contribution in [0.5, 0.6) is 0 Å². The molecular weight excluding hydrogens is 224 g/mol. The number of nitrogens with one attached hydrogen (secondary N) is 2. The summed E-state index contributed by atoms with van der Waals surface area (Å²) in [4.78, 5) is 12.2. The summed E-state index contributed by atoms with van der Waals surface area (Å²) in [5, 5.41) is 6.61. The van der Waals surface area contributed by atoms with E-state index in [0.29, 0.717) is 23.9 Å². The standard InChI is InChI=1S/C15H28N2O/c1-11-3-5-12(6-4-11)15(18)17-14-9-7-13(16-2)8-10-14/h11-14,16H,3-10H2,1-2H3,(H,17,18). The predicted octanol–water partition coefficient (Wildman–Crippen LogP) is 2.46. The molecule has 0 atom stereocenters. The van der Waals surface area contributed by atoms with Crippen molar-refractivity contribution in [2.45, 2.75) is 70.4 Å². The van der Waals surface area contributed by atoms with Crippen LogP contribution in [-0.4, -0.2) is 25.0 Å². The van der Waals surface area contributed by atoms with E-state index in [2.05, 4.69) is 17.6 Å². The molecule has 0 saturated heterocycles. The fourth-order valence-corrected chi connectivity index (χ4v) is 3.37. The third kappa shape index (κ3) is 3.71. The van der Waals surface area contributed by atoms with Crippen LogP contribution in [0.25, 0.3) is 0 Å². The Balaban J connectivity index is 1.71. The Bertz CT molecular complexity index is 264. The minimum Gasteiger partial charge on any atom is -0.353 e. The van der Waals surface area contributed by atoms with Crippen LogP contribution in [0.1, 0.15) is 58.3 Å². The highest BCUT2D eigenvalue weighted by atomic mass is 16.1. The zero-order chi connectivity index (χ0) is 13.0. The number of carbonyl (C=O) groups excluding carboxylic acids is 1. The van der Waals surface area contributed by atoms with Gasteiger partial charge >= 0.3 is 0 Å². The summed E-state index contributed by atoms with van der Waals surface area (Å²) >= 11 is 0. The Morgan fingerprint density at radius 3 is 2.00 bits per heavy atom. The van der Waals surface area contributed by atoms with Crippen LogP contribution in [0.3, 0.4) is 0 Å². The molecule has 0 aliphatic heterocycles. The van der Waals surface area contributed by atoms with E-state index in [1.807, 2.05) is 7.05 Å². The summed E-state index contributed by atoms with van der Waals surface area (Å²) in [6.45, 7) is 2.30. The van der Waals surface area contributed by atoms with Crippen LogP contribution in [0.4, 0.5) is 0 Å². The van der Waals surface area contributed by atoms with E-state index in [0.717, 1.165) is 31.6 Å². The van der Waals surface area contributed by atoms with Crippen LogP contribution in [0.2, 0.25) is 0 Å². The van der Waals surface area contributed by atoms with Gasteiger partial charge in [0.05, 0.1) is 0 Å². The highest BCUT2D eigenvalue weighted by Gasteiger charge is 2.27. The van der Waals surface area contributed by atoms with E-state index in [-0.39, 0.29) is 0 Å². The second-order valence-electron chi connectivity index (χ2n) is 6.30. The van der Waals surface area contributed by atoms with Gasteiger partial charge in [-0.2, -0.15) is 0 Å². The third-order valence-electron chi connectivity index (χ3n) is 4.87. The molecule has 2 fully saturated rings. The minimum atomic E-state index is 0.295. The summed E-state index contributed by atoms with van der Waals surface area (Å²) in [5.41, 5.74) is 0. The second-order valence-corrected chi connectivity index (χ2v) is 6.30. The van der Waals surface area contributed by atoms with Crippen molar-refractivity contribution in [3.05, 3.63) is 0 Å². The topological polar surface area (TPSA) is 41.1 Å². The molecule has 0 unspecified atom stereocenters. The van der Waals surface area contributed by atoms with Crippen molar-refractivity contribution >= 4 is 5.91 Å². The normalized spacial score (nSPS) is 37.2. The van der Waals surface area contributed by atoms with Crippen LogP contribution in [-0.2, 0) is 4.79 Å². The predicted molar refractivity (Wildman–Crippen MR) is 74.4 cm³/mol. The highest BCUT2D eigenvalue weighted by Crippen LogP contribution is 2.29. The average molecular weight is 252 g/mol. The molecule has 0 heterocycles. The lowest BCUT2D eigenvalue weighted by molar-refractivity contribution is -0.127. The smallest absolute Gasteiger partial charge is 0.223 e. The van der Waals surface area contributed by atoms with Crippen molar-refractivity contribution in [3.8, 4) is 0 Å². The molecule has 3 heteroatoms. The van der Waals surface area contributed by atoms with Gasteiger partial charge in [-0.25, -0.2) is 0 Å². The summed E-state index contributed by atoms with van der Waals surface area (Å²) in [5.74, 6) is 1.44.